The van der Waals surface area contributed by atoms with E-state index in [-0.39, 0.29) is 22.7 Å². The third kappa shape index (κ3) is 2.27. The Bertz CT molecular complexity index is 882. The molecule has 1 N–H and O–H groups in total. The van der Waals surface area contributed by atoms with Gasteiger partial charge in [0.05, 0.1) is 5.69 Å². The molecule has 0 amide bonds. The molecule has 0 aliphatic heterocycles. The van der Waals surface area contributed by atoms with Crippen molar-refractivity contribution < 1.29 is 13.9 Å². The van der Waals surface area contributed by atoms with Crippen molar-refractivity contribution in [3.63, 3.8) is 0 Å². The number of phenols is 1. The van der Waals surface area contributed by atoms with Gasteiger partial charge >= 0.3 is 0 Å². The first kappa shape index (κ1) is 13.7. The number of nitriles is 1. The highest BCUT2D eigenvalue weighted by Gasteiger charge is 2.17. The molecule has 0 bridgehead atoms. The number of aromatic hydroxyl groups is 1. The molecule has 0 aliphatic carbocycles. The molecule has 7 heteroatoms. The van der Waals surface area contributed by atoms with Gasteiger partial charge in [-0.25, -0.2) is 13.5 Å². The lowest BCUT2D eigenvalue weighted by Crippen LogP contribution is -2.00. The predicted octanol–water partition coefficient (Wildman–Crippen LogP) is 2.79. The second-order valence-corrected chi connectivity index (χ2v) is 4.46. The molecule has 1 heterocycles. The van der Waals surface area contributed by atoms with Crippen LogP contribution in [-0.2, 0) is 0 Å². The minimum Gasteiger partial charge on any atom is -0.508 e. The van der Waals surface area contributed by atoms with E-state index in [1.807, 2.05) is 6.07 Å². The van der Waals surface area contributed by atoms with Gasteiger partial charge < -0.3 is 5.11 Å². The van der Waals surface area contributed by atoms with Crippen LogP contribution in [0.2, 0.25) is 0 Å². The van der Waals surface area contributed by atoms with E-state index in [9.17, 15) is 13.9 Å². The van der Waals surface area contributed by atoms with E-state index in [4.69, 9.17) is 5.26 Å². The van der Waals surface area contributed by atoms with Crippen LogP contribution in [-0.4, -0.2) is 20.1 Å². The van der Waals surface area contributed by atoms with E-state index < -0.39 is 11.6 Å². The first-order valence-corrected chi connectivity index (χ1v) is 6.21. The van der Waals surface area contributed by atoms with Crippen LogP contribution in [0.25, 0.3) is 16.9 Å². The molecule has 0 spiro atoms. The zero-order valence-electron chi connectivity index (χ0n) is 11.0. The fraction of sp³-hybridized carbons (Fsp3) is 0. The van der Waals surface area contributed by atoms with Crippen molar-refractivity contribution >= 4 is 0 Å². The van der Waals surface area contributed by atoms with Crippen molar-refractivity contribution in [3.8, 4) is 28.8 Å². The summed E-state index contributed by atoms with van der Waals surface area (Å²) in [7, 11) is 0. The van der Waals surface area contributed by atoms with Gasteiger partial charge in [-0.15, -0.1) is 5.10 Å². The van der Waals surface area contributed by atoms with Crippen molar-refractivity contribution in [3.05, 3.63) is 59.8 Å². The first-order valence-electron chi connectivity index (χ1n) is 6.21. The van der Waals surface area contributed by atoms with Gasteiger partial charge in [-0.3, -0.25) is 0 Å². The van der Waals surface area contributed by atoms with E-state index in [1.165, 1.54) is 22.9 Å². The Morgan fingerprint density at radius 2 is 1.77 bits per heavy atom. The Morgan fingerprint density at radius 1 is 1.05 bits per heavy atom. The summed E-state index contributed by atoms with van der Waals surface area (Å²) in [4.78, 5) is 0. The van der Waals surface area contributed by atoms with Gasteiger partial charge in [-0.1, -0.05) is 5.21 Å². The third-order valence-electron chi connectivity index (χ3n) is 3.06. The summed E-state index contributed by atoms with van der Waals surface area (Å²) in [5.41, 5.74) is 1.02. The van der Waals surface area contributed by atoms with Crippen molar-refractivity contribution in [2.45, 2.75) is 0 Å². The number of nitrogens with zero attached hydrogens (tertiary/aromatic N) is 4. The second kappa shape index (κ2) is 5.26. The summed E-state index contributed by atoms with van der Waals surface area (Å²) in [5.74, 6) is -1.94. The lowest BCUT2D eigenvalue weighted by molar-refractivity contribution is 0.475. The lowest BCUT2D eigenvalue weighted by Gasteiger charge is -2.07. The number of hydrogen-bond acceptors (Lipinski definition) is 4. The maximum Gasteiger partial charge on any atom is 0.191 e. The van der Waals surface area contributed by atoms with Crippen molar-refractivity contribution in [2.75, 3.05) is 0 Å². The molecule has 3 aromatic rings. The largest absolute Gasteiger partial charge is 0.508 e. The Hall–Kier alpha value is -3.27. The van der Waals surface area contributed by atoms with E-state index in [0.29, 0.717) is 5.69 Å². The van der Waals surface area contributed by atoms with Crippen molar-refractivity contribution in [1.29, 1.82) is 5.26 Å². The number of hydrogen-bond donors (Lipinski definition) is 1. The summed E-state index contributed by atoms with van der Waals surface area (Å²) in [6.07, 6.45) is 0. The number of halogens is 2. The number of rotatable bonds is 2. The van der Waals surface area contributed by atoms with Gasteiger partial charge in [0, 0.05) is 5.56 Å². The SMILES string of the molecule is N#Cc1nnn(-c2ccc(O)cc2)c1-c1ccc(F)c(F)c1. The molecule has 22 heavy (non-hydrogen) atoms. The summed E-state index contributed by atoms with van der Waals surface area (Å²) >= 11 is 0. The van der Waals surface area contributed by atoms with Crippen LogP contribution in [0.5, 0.6) is 5.75 Å². The fourth-order valence-electron chi connectivity index (χ4n) is 2.03. The quantitative estimate of drug-likeness (QED) is 0.789. The van der Waals surface area contributed by atoms with Gasteiger partial charge in [-0.2, -0.15) is 5.26 Å². The standard InChI is InChI=1S/C15H8F2N4O/c16-12-6-1-9(7-13(12)17)15-14(8-18)19-20-21(15)10-2-4-11(22)5-3-10/h1-7,22H. The minimum atomic E-state index is -1.03. The zero-order chi connectivity index (χ0) is 15.7. The molecule has 0 radical (unpaired) electrons. The molecule has 0 aliphatic rings. The maximum atomic E-state index is 13.5. The Morgan fingerprint density at radius 3 is 2.41 bits per heavy atom. The van der Waals surface area contributed by atoms with Crippen LogP contribution in [0.15, 0.2) is 42.5 Å². The van der Waals surface area contributed by atoms with E-state index in [1.54, 1.807) is 12.1 Å². The molecule has 3 rings (SSSR count). The van der Waals surface area contributed by atoms with Crippen molar-refractivity contribution in [1.82, 2.24) is 15.0 Å². The maximum absolute atomic E-state index is 13.5. The molecule has 108 valence electrons. The predicted molar refractivity (Wildman–Crippen MR) is 73.1 cm³/mol. The van der Waals surface area contributed by atoms with E-state index >= 15 is 0 Å². The average molecular weight is 298 g/mol. The van der Waals surface area contributed by atoms with Gasteiger partial charge in [0.1, 0.15) is 17.5 Å². The molecule has 2 aromatic carbocycles. The molecular formula is C15H8F2N4O. The molecule has 5 nitrogen and oxygen atoms in total. The second-order valence-electron chi connectivity index (χ2n) is 4.46. The van der Waals surface area contributed by atoms with Gasteiger partial charge in [0.15, 0.2) is 17.3 Å². The highest BCUT2D eigenvalue weighted by molar-refractivity contribution is 5.67. The normalized spacial score (nSPS) is 10.4. The molecule has 0 unspecified atom stereocenters. The lowest BCUT2D eigenvalue weighted by atomic mass is 10.1. The summed E-state index contributed by atoms with van der Waals surface area (Å²) < 4.78 is 27.9. The van der Waals surface area contributed by atoms with Gasteiger partial charge in [0.2, 0.25) is 0 Å². The number of benzene rings is 2. The fourth-order valence-corrected chi connectivity index (χ4v) is 2.03. The van der Waals surface area contributed by atoms with Crippen LogP contribution in [0.4, 0.5) is 8.78 Å². The van der Waals surface area contributed by atoms with E-state index in [0.717, 1.165) is 12.1 Å². The van der Waals surface area contributed by atoms with Crippen LogP contribution in [0.3, 0.4) is 0 Å². The van der Waals surface area contributed by atoms with Gasteiger partial charge in [-0.05, 0) is 42.5 Å². The Balaban J connectivity index is 2.21. The highest BCUT2D eigenvalue weighted by atomic mass is 19.2. The number of phenolic OH excluding ortho intramolecular Hbond substituents is 1. The molecule has 0 fully saturated rings. The van der Waals surface area contributed by atoms with Gasteiger partial charge in [0.25, 0.3) is 0 Å². The average Bonchev–Trinajstić information content (AvgIpc) is 2.94. The summed E-state index contributed by atoms with van der Waals surface area (Å²) in [5, 5.41) is 26.1. The van der Waals surface area contributed by atoms with Crippen LogP contribution in [0.1, 0.15) is 5.69 Å². The Labute approximate surface area is 123 Å². The molecule has 1 aromatic heterocycles. The topological polar surface area (TPSA) is 74.7 Å². The third-order valence-corrected chi connectivity index (χ3v) is 3.06. The minimum absolute atomic E-state index is 0.0147. The van der Waals surface area contributed by atoms with Crippen LogP contribution < -0.4 is 0 Å². The zero-order valence-corrected chi connectivity index (χ0v) is 11.0. The highest BCUT2D eigenvalue weighted by Crippen LogP contribution is 2.26. The monoisotopic (exact) mass is 298 g/mol. The Kier molecular flexibility index (Phi) is 3.27. The molecular weight excluding hydrogens is 290 g/mol. The molecule has 0 atom stereocenters. The molecule has 0 saturated heterocycles. The first-order chi connectivity index (χ1) is 10.6. The molecule has 0 saturated carbocycles. The number of aromatic nitrogens is 3. The summed E-state index contributed by atoms with van der Waals surface area (Å²) in [6.45, 7) is 0. The smallest absolute Gasteiger partial charge is 0.191 e. The van der Waals surface area contributed by atoms with Crippen molar-refractivity contribution in [2.24, 2.45) is 0 Å². The van der Waals surface area contributed by atoms with Crippen LogP contribution in [0, 0.1) is 23.0 Å². The summed E-state index contributed by atoms with van der Waals surface area (Å²) in [6, 6.07) is 11.2. The van der Waals surface area contributed by atoms with E-state index in [2.05, 4.69) is 10.3 Å². The van der Waals surface area contributed by atoms with Crippen LogP contribution >= 0.6 is 0 Å².